The molecule has 0 bridgehead atoms. The second-order valence-electron chi connectivity index (χ2n) is 1.43. The molecule has 0 fully saturated rings. The van der Waals surface area contributed by atoms with Gasteiger partial charge >= 0.3 is 0 Å². The first-order chi connectivity index (χ1) is 3.81. The first-order valence-electron chi connectivity index (χ1n) is 2.46. The third-order valence-electron chi connectivity index (χ3n) is 0.792. The van der Waals surface area contributed by atoms with Crippen molar-refractivity contribution in [1.29, 1.82) is 0 Å². The number of hydrogen-bond acceptors (Lipinski definition) is 2. The fourth-order valence-corrected chi connectivity index (χ4v) is 0.862. The summed E-state index contributed by atoms with van der Waals surface area (Å²) < 4.78 is 0. The SMILES string of the molecule is CS/[C]=C\C(C)SC. The van der Waals surface area contributed by atoms with E-state index in [1.807, 2.05) is 18.0 Å². The predicted molar refractivity (Wildman–Crippen MR) is 44.3 cm³/mol. The zero-order chi connectivity index (χ0) is 6.41. The van der Waals surface area contributed by atoms with Crippen LogP contribution in [0.2, 0.25) is 0 Å². The number of rotatable bonds is 3. The summed E-state index contributed by atoms with van der Waals surface area (Å²) in [5.74, 6) is 0. The molecule has 0 aliphatic heterocycles. The molecule has 1 atom stereocenters. The molecule has 1 radical (unpaired) electrons. The van der Waals surface area contributed by atoms with Gasteiger partial charge in [-0.3, -0.25) is 0 Å². The molecule has 0 aromatic carbocycles. The molecule has 0 nitrogen and oxygen atoms in total. The second-order valence-corrected chi connectivity index (χ2v) is 3.29. The Morgan fingerprint density at radius 1 is 1.50 bits per heavy atom. The lowest BCUT2D eigenvalue weighted by Crippen LogP contribution is -1.85. The highest BCUT2D eigenvalue weighted by molar-refractivity contribution is 8.00. The number of hydrogen-bond donors (Lipinski definition) is 0. The van der Waals surface area contributed by atoms with Crippen LogP contribution in [0.3, 0.4) is 0 Å². The minimum absolute atomic E-state index is 0.613. The highest BCUT2D eigenvalue weighted by atomic mass is 32.2. The average Bonchev–Trinajstić information content (AvgIpc) is 1.83. The summed E-state index contributed by atoms with van der Waals surface area (Å²) >= 11 is 3.46. The van der Waals surface area contributed by atoms with Crippen LogP contribution in [-0.2, 0) is 0 Å². The van der Waals surface area contributed by atoms with Crippen LogP contribution in [0, 0.1) is 5.41 Å². The zero-order valence-electron chi connectivity index (χ0n) is 5.47. The summed E-state index contributed by atoms with van der Waals surface area (Å²) in [6, 6.07) is 0. The van der Waals surface area contributed by atoms with E-state index in [0.717, 1.165) is 0 Å². The quantitative estimate of drug-likeness (QED) is 0.601. The lowest BCUT2D eigenvalue weighted by Gasteiger charge is -1.96. The van der Waals surface area contributed by atoms with Gasteiger partial charge < -0.3 is 0 Å². The fourth-order valence-electron chi connectivity index (χ4n) is 0.232. The van der Waals surface area contributed by atoms with Crippen molar-refractivity contribution in [2.45, 2.75) is 12.2 Å². The standard InChI is InChI=1S/C6H11S2/c1-6(8-3)4-5-7-2/h4,6H,1-3H3. The maximum atomic E-state index is 3.07. The molecule has 0 saturated carbocycles. The van der Waals surface area contributed by atoms with Gasteiger partial charge in [0.25, 0.3) is 0 Å². The van der Waals surface area contributed by atoms with Crippen LogP contribution in [0.15, 0.2) is 6.08 Å². The molecule has 0 heterocycles. The van der Waals surface area contributed by atoms with E-state index in [0.29, 0.717) is 5.25 Å². The second kappa shape index (κ2) is 5.57. The van der Waals surface area contributed by atoms with Gasteiger partial charge in [0.2, 0.25) is 0 Å². The normalized spacial score (nSPS) is 14.9. The van der Waals surface area contributed by atoms with Crippen molar-refractivity contribution in [3.63, 3.8) is 0 Å². The number of thioether (sulfide) groups is 2. The van der Waals surface area contributed by atoms with E-state index < -0.39 is 0 Å². The van der Waals surface area contributed by atoms with Gasteiger partial charge in [-0.15, -0.1) is 11.8 Å². The Bertz CT molecular complexity index is 68.9. The lowest BCUT2D eigenvalue weighted by atomic mass is 10.5. The van der Waals surface area contributed by atoms with Crippen molar-refractivity contribution in [2.75, 3.05) is 12.5 Å². The highest BCUT2D eigenvalue weighted by Crippen LogP contribution is 2.07. The third kappa shape index (κ3) is 4.60. The first-order valence-corrected chi connectivity index (χ1v) is 4.97. The Labute approximate surface area is 60.1 Å². The molecule has 0 aromatic rings. The van der Waals surface area contributed by atoms with Crippen LogP contribution in [0.4, 0.5) is 0 Å². The Balaban J connectivity index is 3.21. The highest BCUT2D eigenvalue weighted by Gasteiger charge is 1.88. The van der Waals surface area contributed by atoms with E-state index in [4.69, 9.17) is 0 Å². The Kier molecular flexibility index (Phi) is 5.88. The molecule has 0 saturated heterocycles. The topological polar surface area (TPSA) is 0 Å². The summed E-state index contributed by atoms with van der Waals surface area (Å²) in [7, 11) is 0. The van der Waals surface area contributed by atoms with Crippen LogP contribution in [0.25, 0.3) is 0 Å². The summed E-state index contributed by atoms with van der Waals surface area (Å²) in [6.07, 6.45) is 6.20. The van der Waals surface area contributed by atoms with E-state index in [9.17, 15) is 0 Å². The van der Waals surface area contributed by atoms with Crippen LogP contribution >= 0.6 is 23.5 Å². The van der Waals surface area contributed by atoms with Gasteiger partial charge in [0.15, 0.2) is 0 Å². The molecule has 47 valence electrons. The maximum absolute atomic E-state index is 3.07. The Morgan fingerprint density at radius 3 is 2.50 bits per heavy atom. The van der Waals surface area contributed by atoms with Crippen molar-refractivity contribution < 1.29 is 0 Å². The van der Waals surface area contributed by atoms with Crippen molar-refractivity contribution in [1.82, 2.24) is 0 Å². The molecular formula is C6H11S2. The summed E-state index contributed by atoms with van der Waals surface area (Å²) in [5.41, 5.74) is 0. The van der Waals surface area contributed by atoms with Crippen LogP contribution < -0.4 is 0 Å². The predicted octanol–water partition coefficient (Wildman–Crippen LogP) is 2.42. The minimum atomic E-state index is 0.613. The summed E-state index contributed by atoms with van der Waals surface area (Å²) in [6.45, 7) is 2.16. The molecule has 0 amide bonds. The van der Waals surface area contributed by atoms with E-state index in [2.05, 4.69) is 24.7 Å². The van der Waals surface area contributed by atoms with Gasteiger partial charge in [-0.25, -0.2) is 0 Å². The largest absolute Gasteiger partial charge is 0.158 e. The Hall–Kier alpha value is 0.440. The molecule has 0 aromatic heterocycles. The molecule has 1 unspecified atom stereocenters. The van der Waals surface area contributed by atoms with Crippen molar-refractivity contribution >= 4 is 23.5 Å². The van der Waals surface area contributed by atoms with Crippen LogP contribution in [-0.4, -0.2) is 17.8 Å². The molecule has 0 aliphatic carbocycles. The van der Waals surface area contributed by atoms with E-state index >= 15 is 0 Å². The van der Waals surface area contributed by atoms with Crippen molar-refractivity contribution in [3.8, 4) is 0 Å². The van der Waals surface area contributed by atoms with Crippen LogP contribution in [0.1, 0.15) is 6.92 Å². The zero-order valence-corrected chi connectivity index (χ0v) is 7.10. The van der Waals surface area contributed by atoms with E-state index in [1.54, 1.807) is 11.8 Å². The molecule has 8 heavy (non-hydrogen) atoms. The summed E-state index contributed by atoms with van der Waals surface area (Å²) in [4.78, 5) is 0. The van der Waals surface area contributed by atoms with Crippen LogP contribution in [0.5, 0.6) is 0 Å². The van der Waals surface area contributed by atoms with Gasteiger partial charge in [-0.1, -0.05) is 6.08 Å². The Morgan fingerprint density at radius 2 is 2.12 bits per heavy atom. The van der Waals surface area contributed by atoms with E-state index in [1.165, 1.54) is 0 Å². The van der Waals surface area contributed by atoms with Gasteiger partial charge in [0, 0.05) is 10.7 Å². The molecule has 2 heteroatoms. The molecule has 0 rings (SSSR count). The lowest BCUT2D eigenvalue weighted by molar-refractivity contribution is 1.25. The maximum Gasteiger partial charge on any atom is 0.0210 e. The fraction of sp³-hybridized carbons (Fsp3) is 0.667. The molecule has 0 N–H and O–H groups in total. The first kappa shape index (κ1) is 8.44. The van der Waals surface area contributed by atoms with Gasteiger partial charge in [0.05, 0.1) is 0 Å². The van der Waals surface area contributed by atoms with Crippen molar-refractivity contribution in [3.05, 3.63) is 11.5 Å². The van der Waals surface area contributed by atoms with Gasteiger partial charge in [0.1, 0.15) is 0 Å². The van der Waals surface area contributed by atoms with Crippen molar-refractivity contribution in [2.24, 2.45) is 0 Å². The smallest absolute Gasteiger partial charge is 0.0210 e. The monoisotopic (exact) mass is 147 g/mol. The third-order valence-corrected chi connectivity index (χ3v) is 2.04. The van der Waals surface area contributed by atoms with E-state index in [-0.39, 0.29) is 0 Å². The van der Waals surface area contributed by atoms with Gasteiger partial charge in [-0.2, -0.15) is 11.8 Å². The molecular weight excluding hydrogens is 136 g/mol. The molecule has 0 spiro atoms. The summed E-state index contributed by atoms with van der Waals surface area (Å²) in [5, 5.41) is 3.68. The van der Waals surface area contributed by atoms with Gasteiger partial charge in [-0.05, 0) is 19.4 Å². The average molecular weight is 147 g/mol. The minimum Gasteiger partial charge on any atom is -0.158 e. The molecule has 0 aliphatic rings.